The van der Waals surface area contributed by atoms with E-state index in [-0.39, 0.29) is 31.4 Å². The molecule has 1 heterocycles. The van der Waals surface area contributed by atoms with Gasteiger partial charge in [0.25, 0.3) is 0 Å². The Balaban J connectivity index is 2.33. The van der Waals surface area contributed by atoms with Crippen LogP contribution in [0.15, 0.2) is 0 Å². The van der Waals surface area contributed by atoms with E-state index in [2.05, 4.69) is 5.32 Å². The standard InChI is InChI=1S/C16H29N3O5/c1-16(2,3)24-15(22)17-7-6-13(20)18-8-5-9-19(11-10-18)14(21)12-23-4/h5-12H2,1-4H3,(H,17,22). The lowest BCUT2D eigenvalue weighted by Gasteiger charge is -2.22. The molecule has 0 aliphatic carbocycles. The molecule has 1 saturated heterocycles. The van der Waals surface area contributed by atoms with Crippen molar-refractivity contribution < 1.29 is 23.9 Å². The molecule has 1 aliphatic heterocycles. The van der Waals surface area contributed by atoms with E-state index >= 15 is 0 Å². The highest BCUT2D eigenvalue weighted by Gasteiger charge is 2.22. The van der Waals surface area contributed by atoms with Crippen molar-refractivity contribution in [1.82, 2.24) is 15.1 Å². The van der Waals surface area contributed by atoms with E-state index in [1.807, 2.05) is 0 Å². The van der Waals surface area contributed by atoms with Gasteiger partial charge in [0.1, 0.15) is 12.2 Å². The molecule has 1 fully saturated rings. The zero-order valence-corrected chi connectivity index (χ0v) is 15.1. The minimum absolute atomic E-state index is 0.0351. The molecule has 0 aromatic heterocycles. The summed E-state index contributed by atoms with van der Waals surface area (Å²) in [5.74, 6) is -0.0921. The summed E-state index contributed by atoms with van der Waals surface area (Å²) < 4.78 is 9.98. The third-order valence-electron chi connectivity index (χ3n) is 3.48. The van der Waals surface area contributed by atoms with Crippen LogP contribution in [0.5, 0.6) is 0 Å². The second kappa shape index (κ2) is 9.46. The number of amides is 3. The number of carbonyl (C=O) groups excluding carboxylic acids is 3. The molecule has 1 N–H and O–H groups in total. The summed E-state index contributed by atoms with van der Waals surface area (Å²) in [4.78, 5) is 39.0. The van der Waals surface area contributed by atoms with Crippen molar-refractivity contribution in [2.75, 3.05) is 46.4 Å². The summed E-state index contributed by atoms with van der Waals surface area (Å²) in [5.41, 5.74) is -0.558. The van der Waals surface area contributed by atoms with Gasteiger partial charge in [-0.05, 0) is 27.2 Å². The Morgan fingerprint density at radius 3 is 2.12 bits per heavy atom. The highest BCUT2D eigenvalue weighted by atomic mass is 16.6. The Hall–Kier alpha value is -1.83. The predicted molar refractivity (Wildman–Crippen MR) is 88.5 cm³/mol. The van der Waals surface area contributed by atoms with E-state index in [0.717, 1.165) is 6.42 Å². The first-order chi connectivity index (χ1) is 11.2. The number of carbonyl (C=O) groups is 3. The fourth-order valence-corrected chi connectivity index (χ4v) is 2.37. The monoisotopic (exact) mass is 343 g/mol. The molecule has 0 aromatic carbocycles. The minimum Gasteiger partial charge on any atom is -0.444 e. The number of nitrogens with one attached hydrogen (secondary N) is 1. The van der Waals surface area contributed by atoms with Gasteiger partial charge in [-0.25, -0.2) is 4.79 Å². The predicted octanol–water partition coefficient (Wildman–Crippen LogP) is 0.609. The largest absolute Gasteiger partial charge is 0.444 e. The molecule has 138 valence electrons. The number of hydrogen-bond acceptors (Lipinski definition) is 5. The molecule has 0 saturated carbocycles. The van der Waals surface area contributed by atoms with Crippen LogP contribution in [0.3, 0.4) is 0 Å². The first-order valence-corrected chi connectivity index (χ1v) is 8.24. The van der Waals surface area contributed by atoms with Crippen LogP contribution in [0.2, 0.25) is 0 Å². The van der Waals surface area contributed by atoms with Crippen molar-refractivity contribution in [1.29, 1.82) is 0 Å². The summed E-state index contributed by atoms with van der Waals surface area (Å²) in [6, 6.07) is 0. The maximum Gasteiger partial charge on any atom is 0.407 e. The summed E-state index contributed by atoms with van der Waals surface area (Å²) >= 11 is 0. The maximum atomic E-state index is 12.2. The number of nitrogens with zero attached hydrogens (tertiary/aromatic N) is 2. The average molecular weight is 343 g/mol. The normalized spacial score (nSPS) is 15.7. The Kier molecular flexibility index (Phi) is 7.97. The van der Waals surface area contributed by atoms with Crippen LogP contribution in [0.1, 0.15) is 33.6 Å². The van der Waals surface area contributed by atoms with E-state index in [1.54, 1.807) is 30.6 Å². The van der Waals surface area contributed by atoms with E-state index in [0.29, 0.717) is 26.2 Å². The smallest absolute Gasteiger partial charge is 0.407 e. The third-order valence-corrected chi connectivity index (χ3v) is 3.48. The van der Waals surface area contributed by atoms with Gasteiger partial charge in [0.05, 0.1) is 0 Å². The molecule has 3 amide bonds. The van der Waals surface area contributed by atoms with Gasteiger partial charge in [0.15, 0.2) is 0 Å². The Bertz CT molecular complexity index is 447. The zero-order chi connectivity index (χ0) is 18.2. The molecular weight excluding hydrogens is 314 g/mol. The molecule has 0 spiro atoms. The summed E-state index contributed by atoms with van der Waals surface area (Å²) in [7, 11) is 1.49. The van der Waals surface area contributed by atoms with Crippen LogP contribution >= 0.6 is 0 Å². The molecule has 1 aliphatic rings. The molecule has 0 bridgehead atoms. The maximum absolute atomic E-state index is 12.2. The van der Waals surface area contributed by atoms with Gasteiger partial charge < -0.3 is 24.6 Å². The van der Waals surface area contributed by atoms with E-state index in [9.17, 15) is 14.4 Å². The van der Waals surface area contributed by atoms with Gasteiger partial charge >= 0.3 is 6.09 Å². The number of alkyl carbamates (subject to hydrolysis) is 1. The van der Waals surface area contributed by atoms with Crippen molar-refractivity contribution in [3.8, 4) is 0 Å². The number of hydrogen-bond donors (Lipinski definition) is 1. The van der Waals surface area contributed by atoms with E-state index in [4.69, 9.17) is 9.47 Å². The molecule has 24 heavy (non-hydrogen) atoms. The van der Waals surface area contributed by atoms with E-state index < -0.39 is 11.7 Å². The summed E-state index contributed by atoms with van der Waals surface area (Å²) in [5, 5.41) is 2.58. The molecule has 0 radical (unpaired) electrons. The van der Waals surface area contributed by atoms with Gasteiger partial charge in [0.2, 0.25) is 11.8 Å². The Morgan fingerprint density at radius 2 is 1.58 bits per heavy atom. The fraction of sp³-hybridized carbons (Fsp3) is 0.812. The SMILES string of the molecule is COCC(=O)N1CCCN(C(=O)CCNC(=O)OC(C)(C)C)CC1. The quantitative estimate of drug-likeness (QED) is 0.790. The molecule has 8 nitrogen and oxygen atoms in total. The van der Waals surface area contributed by atoms with Crippen molar-refractivity contribution in [2.45, 2.75) is 39.2 Å². The van der Waals surface area contributed by atoms with Gasteiger partial charge in [-0.3, -0.25) is 9.59 Å². The lowest BCUT2D eigenvalue weighted by atomic mass is 10.2. The van der Waals surface area contributed by atoms with Crippen molar-refractivity contribution in [3.63, 3.8) is 0 Å². The second-order valence-corrected chi connectivity index (χ2v) is 6.73. The van der Waals surface area contributed by atoms with Crippen LogP contribution < -0.4 is 5.32 Å². The van der Waals surface area contributed by atoms with Gasteiger partial charge in [-0.2, -0.15) is 0 Å². The molecule has 0 unspecified atom stereocenters. The van der Waals surface area contributed by atoms with Crippen LogP contribution in [0.4, 0.5) is 4.79 Å². The second-order valence-electron chi connectivity index (χ2n) is 6.73. The molecular formula is C16H29N3O5. The van der Waals surface area contributed by atoms with E-state index in [1.165, 1.54) is 7.11 Å². The fourth-order valence-electron chi connectivity index (χ4n) is 2.37. The van der Waals surface area contributed by atoms with Crippen molar-refractivity contribution in [3.05, 3.63) is 0 Å². The van der Waals surface area contributed by atoms with Gasteiger partial charge in [0, 0.05) is 46.3 Å². The highest BCUT2D eigenvalue weighted by molar-refractivity contribution is 5.79. The van der Waals surface area contributed by atoms with Crippen molar-refractivity contribution in [2.24, 2.45) is 0 Å². The van der Waals surface area contributed by atoms with Crippen LogP contribution in [0.25, 0.3) is 0 Å². The van der Waals surface area contributed by atoms with Crippen LogP contribution in [-0.4, -0.2) is 79.7 Å². The van der Waals surface area contributed by atoms with Crippen LogP contribution in [0, 0.1) is 0 Å². The number of ether oxygens (including phenoxy) is 2. The average Bonchev–Trinajstić information content (AvgIpc) is 2.71. The molecule has 1 rings (SSSR count). The first-order valence-electron chi connectivity index (χ1n) is 8.24. The molecule has 8 heteroatoms. The first kappa shape index (κ1) is 20.2. The van der Waals surface area contributed by atoms with Gasteiger partial charge in [-0.15, -0.1) is 0 Å². The Morgan fingerprint density at radius 1 is 1.00 bits per heavy atom. The lowest BCUT2D eigenvalue weighted by Crippen LogP contribution is -2.40. The lowest BCUT2D eigenvalue weighted by molar-refractivity contribution is -0.136. The highest BCUT2D eigenvalue weighted by Crippen LogP contribution is 2.07. The topological polar surface area (TPSA) is 88.2 Å². The van der Waals surface area contributed by atoms with Crippen molar-refractivity contribution >= 4 is 17.9 Å². The Labute approximate surface area is 143 Å². The number of methoxy groups -OCH3 is 1. The van der Waals surface area contributed by atoms with Crippen LogP contribution in [-0.2, 0) is 19.1 Å². The summed E-state index contributed by atoms with van der Waals surface area (Å²) in [6.07, 6.45) is 0.425. The number of rotatable bonds is 5. The molecule has 0 aromatic rings. The third kappa shape index (κ3) is 7.63. The summed E-state index contributed by atoms with van der Waals surface area (Å²) in [6.45, 7) is 7.89. The van der Waals surface area contributed by atoms with Gasteiger partial charge in [-0.1, -0.05) is 0 Å². The zero-order valence-electron chi connectivity index (χ0n) is 15.1. The molecule has 0 atom stereocenters. The minimum atomic E-state index is -0.558.